The zero-order valence-corrected chi connectivity index (χ0v) is 18.4. The molecule has 9 heteroatoms. The quantitative estimate of drug-likeness (QED) is 0.394. The number of benzene rings is 1. The van der Waals surface area contributed by atoms with Gasteiger partial charge in [-0.25, -0.2) is 9.07 Å². The standard InChI is InChI=1S/C22H24ClF4N3O/c1-13(2)8-16(9-14(3)24)15(4)21(31)28-12-19-11-20(22(25,26)27)29-30(19)18-7-5-6-17(23)10-18/h5-11,13,15H,12H2,1-4H3,(H,28,31)/b14-9+,16-8+. The number of carbonyl (C=O) groups is 1. The van der Waals surface area contributed by atoms with Crippen LogP contribution in [0.5, 0.6) is 0 Å². The summed E-state index contributed by atoms with van der Waals surface area (Å²) in [6, 6.07) is 7.09. The molecule has 168 valence electrons. The summed E-state index contributed by atoms with van der Waals surface area (Å²) < 4.78 is 54.2. The van der Waals surface area contributed by atoms with Crippen molar-refractivity contribution in [2.75, 3.05) is 0 Å². The monoisotopic (exact) mass is 457 g/mol. The third-order valence-corrected chi connectivity index (χ3v) is 4.59. The maximum absolute atomic E-state index is 13.4. The van der Waals surface area contributed by atoms with Crippen molar-refractivity contribution in [3.63, 3.8) is 0 Å². The van der Waals surface area contributed by atoms with Gasteiger partial charge in [0.25, 0.3) is 0 Å². The lowest BCUT2D eigenvalue weighted by Crippen LogP contribution is -2.30. The first kappa shape index (κ1) is 24.7. The fraction of sp³-hybridized carbons (Fsp3) is 0.364. The van der Waals surface area contributed by atoms with E-state index < -0.39 is 29.5 Å². The summed E-state index contributed by atoms with van der Waals surface area (Å²) >= 11 is 5.96. The minimum atomic E-state index is -4.65. The molecule has 31 heavy (non-hydrogen) atoms. The summed E-state index contributed by atoms with van der Waals surface area (Å²) in [5.74, 6) is -1.51. The molecule has 0 radical (unpaired) electrons. The highest BCUT2D eigenvalue weighted by molar-refractivity contribution is 6.30. The van der Waals surface area contributed by atoms with E-state index in [-0.39, 0.29) is 18.2 Å². The van der Waals surface area contributed by atoms with Gasteiger partial charge in [0.05, 0.1) is 29.7 Å². The SMILES string of the molecule is C/C(F)=C\C(=C/C(C)C)C(C)C(=O)NCc1cc(C(F)(F)F)nn1-c1cccc(Cl)c1. The van der Waals surface area contributed by atoms with Crippen LogP contribution in [0.15, 0.2) is 53.9 Å². The van der Waals surface area contributed by atoms with E-state index in [4.69, 9.17) is 11.6 Å². The number of alkyl halides is 3. The van der Waals surface area contributed by atoms with Crippen LogP contribution in [0, 0.1) is 11.8 Å². The summed E-state index contributed by atoms with van der Waals surface area (Å²) in [5, 5.41) is 6.60. The van der Waals surface area contributed by atoms with E-state index in [1.165, 1.54) is 19.1 Å². The second kappa shape index (κ2) is 10.1. The number of rotatable bonds is 7. The Kier molecular flexibility index (Phi) is 8.06. The number of nitrogens with zero attached hydrogens (tertiary/aromatic N) is 2. The van der Waals surface area contributed by atoms with Crippen LogP contribution in [-0.4, -0.2) is 15.7 Å². The van der Waals surface area contributed by atoms with Crippen molar-refractivity contribution in [3.05, 3.63) is 70.3 Å². The average molecular weight is 458 g/mol. The Morgan fingerprint density at radius 2 is 1.94 bits per heavy atom. The molecule has 0 aliphatic carbocycles. The van der Waals surface area contributed by atoms with Gasteiger partial charge >= 0.3 is 6.18 Å². The first-order chi connectivity index (χ1) is 14.4. The second-order valence-electron chi connectivity index (χ2n) is 7.49. The number of nitrogens with one attached hydrogen (secondary N) is 1. The van der Waals surface area contributed by atoms with E-state index >= 15 is 0 Å². The highest BCUT2D eigenvalue weighted by Gasteiger charge is 2.35. The number of hydrogen-bond acceptors (Lipinski definition) is 2. The van der Waals surface area contributed by atoms with Gasteiger partial charge in [-0.15, -0.1) is 0 Å². The molecule has 0 bridgehead atoms. The van der Waals surface area contributed by atoms with Crippen molar-refractivity contribution in [1.82, 2.24) is 15.1 Å². The highest BCUT2D eigenvalue weighted by Crippen LogP contribution is 2.30. The Morgan fingerprint density at radius 1 is 1.26 bits per heavy atom. The number of aromatic nitrogens is 2. The van der Waals surface area contributed by atoms with Gasteiger partial charge in [-0.05, 0) is 55.7 Å². The number of allylic oxidation sites excluding steroid dienone is 3. The van der Waals surface area contributed by atoms with E-state index in [9.17, 15) is 22.4 Å². The second-order valence-corrected chi connectivity index (χ2v) is 7.93. The summed E-state index contributed by atoms with van der Waals surface area (Å²) in [7, 11) is 0. The molecule has 0 aliphatic heterocycles. The Balaban J connectivity index is 2.30. The molecule has 1 heterocycles. The van der Waals surface area contributed by atoms with Crippen LogP contribution in [0.1, 0.15) is 39.1 Å². The van der Waals surface area contributed by atoms with Crippen molar-refractivity contribution in [1.29, 1.82) is 0 Å². The molecule has 1 unspecified atom stereocenters. The number of carbonyl (C=O) groups excluding carboxylic acids is 1. The van der Waals surface area contributed by atoms with Gasteiger partial charge in [0, 0.05) is 5.02 Å². The van der Waals surface area contributed by atoms with Crippen LogP contribution in [0.25, 0.3) is 5.69 Å². The third-order valence-electron chi connectivity index (χ3n) is 4.35. The van der Waals surface area contributed by atoms with Gasteiger partial charge in [0.2, 0.25) is 5.91 Å². The molecule has 0 spiro atoms. The van der Waals surface area contributed by atoms with Crippen LogP contribution < -0.4 is 5.32 Å². The lowest BCUT2D eigenvalue weighted by molar-refractivity contribution is -0.141. The van der Waals surface area contributed by atoms with Crippen molar-refractivity contribution >= 4 is 17.5 Å². The zero-order valence-electron chi connectivity index (χ0n) is 17.6. The molecule has 1 amide bonds. The molecular weight excluding hydrogens is 434 g/mol. The molecule has 4 nitrogen and oxygen atoms in total. The van der Waals surface area contributed by atoms with E-state index in [0.717, 1.165) is 10.7 Å². The molecule has 1 atom stereocenters. The summed E-state index contributed by atoms with van der Waals surface area (Å²) in [6.45, 7) is 6.48. The van der Waals surface area contributed by atoms with Gasteiger partial charge in [0.1, 0.15) is 0 Å². The van der Waals surface area contributed by atoms with Gasteiger partial charge in [0.15, 0.2) is 5.69 Å². The third kappa shape index (κ3) is 6.95. The van der Waals surface area contributed by atoms with Gasteiger partial charge in [-0.3, -0.25) is 4.79 Å². The predicted octanol–water partition coefficient (Wildman–Crippen LogP) is 6.25. The van der Waals surface area contributed by atoms with Crippen molar-refractivity contribution in [2.24, 2.45) is 11.8 Å². The highest BCUT2D eigenvalue weighted by atomic mass is 35.5. The average Bonchev–Trinajstić information content (AvgIpc) is 3.09. The van der Waals surface area contributed by atoms with Crippen LogP contribution >= 0.6 is 11.6 Å². The molecule has 1 N–H and O–H groups in total. The lowest BCUT2D eigenvalue weighted by atomic mass is 9.96. The first-order valence-electron chi connectivity index (χ1n) is 9.63. The Hall–Kier alpha value is -2.61. The van der Waals surface area contributed by atoms with E-state index in [1.807, 2.05) is 13.8 Å². The largest absolute Gasteiger partial charge is 0.435 e. The molecular formula is C22H24ClF4N3O. The topological polar surface area (TPSA) is 46.9 Å². The van der Waals surface area contributed by atoms with Crippen LogP contribution in [0.4, 0.5) is 17.6 Å². The van der Waals surface area contributed by atoms with Crippen molar-refractivity contribution in [3.8, 4) is 5.69 Å². The van der Waals surface area contributed by atoms with E-state index in [2.05, 4.69) is 10.4 Å². The molecule has 1 aromatic carbocycles. The Bertz CT molecular complexity index is 989. The van der Waals surface area contributed by atoms with E-state index in [0.29, 0.717) is 16.3 Å². The van der Waals surface area contributed by atoms with Crippen molar-refractivity contribution in [2.45, 2.75) is 40.4 Å². The maximum Gasteiger partial charge on any atom is 0.435 e. The molecule has 0 aliphatic rings. The minimum Gasteiger partial charge on any atom is -0.350 e. The molecule has 0 saturated heterocycles. The van der Waals surface area contributed by atoms with Crippen LogP contribution in [0.2, 0.25) is 5.02 Å². The van der Waals surface area contributed by atoms with Crippen molar-refractivity contribution < 1.29 is 22.4 Å². The maximum atomic E-state index is 13.4. The summed E-state index contributed by atoms with van der Waals surface area (Å²) in [4.78, 5) is 12.6. The number of hydrogen-bond donors (Lipinski definition) is 1. The zero-order chi connectivity index (χ0) is 23.3. The van der Waals surface area contributed by atoms with Crippen LogP contribution in [-0.2, 0) is 17.5 Å². The smallest absolute Gasteiger partial charge is 0.350 e. The number of halogens is 5. The summed E-state index contributed by atoms with van der Waals surface area (Å²) in [6.07, 6.45) is -1.60. The van der Waals surface area contributed by atoms with Gasteiger partial charge in [-0.2, -0.15) is 18.3 Å². The van der Waals surface area contributed by atoms with Crippen LogP contribution in [0.3, 0.4) is 0 Å². The van der Waals surface area contributed by atoms with E-state index in [1.54, 1.807) is 31.2 Å². The first-order valence-corrected chi connectivity index (χ1v) is 10.0. The fourth-order valence-corrected chi connectivity index (χ4v) is 3.11. The number of amides is 1. The lowest BCUT2D eigenvalue weighted by Gasteiger charge is -2.15. The molecule has 2 rings (SSSR count). The normalized spacial score (nSPS) is 14.1. The molecule has 0 fully saturated rings. The molecule has 2 aromatic rings. The summed E-state index contributed by atoms with van der Waals surface area (Å²) in [5.41, 5.74) is -0.133. The van der Waals surface area contributed by atoms with Gasteiger partial charge < -0.3 is 5.32 Å². The molecule has 0 saturated carbocycles. The van der Waals surface area contributed by atoms with Gasteiger partial charge in [-0.1, -0.05) is 37.6 Å². The molecule has 1 aromatic heterocycles. The Labute approximate surface area is 183 Å². The minimum absolute atomic E-state index is 0.0828. The Morgan fingerprint density at radius 3 is 2.48 bits per heavy atom. The fourth-order valence-electron chi connectivity index (χ4n) is 2.93. The predicted molar refractivity (Wildman–Crippen MR) is 112 cm³/mol.